The maximum atomic E-state index is 11.7. The molecule has 106 valence electrons. The van der Waals surface area contributed by atoms with Crippen molar-refractivity contribution in [2.24, 2.45) is 5.92 Å². The summed E-state index contributed by atoms with van der Waals surface area (Å²) in [5.74, 6) is 1.16. The highest BCUT2D eigenvalue weighted by atomic mass is 35.5. The van der Waals surface area contributed by atoms with Crippen molar-refractivity contribution in [3.63, 3.8) is 0 Å². The summed E-state index contributed by atoms with van der Waals surface area (Å²) in [5, 5.41) is 3.49. The molecule has 0 atom stereocenters. The molecule has 0 saturated carbocycles. The van der Waals surface area contributed by atoms with Crippen LogP contribution in [-0.2, 0) is 0 Å². The number of carbonyl (C=O) groups is 1. The maximum Gasteiger partial charge on any atom is 0.317 e. The number of hydrogen-bond donors (Lipinski definition) is 1. The van der Waals surface area contributed by atoms with Crippen molar-refractivity contribution in [3.8, 4) is 5.75 Å². The number of benzene rings is 1. The molecule has 19 heavy (non-hydrogen) atoms. The molecule has 0 unspecified atom stereocenters. The Morgan fingerprint density at radius 1 is 1.47 bits per heavy atom. The summed E-state index contributed by atoms with van der Waals surface area (Å²) in [6, 6.07) is 7.13. The van der Waals surface area contributed by atoms with Crippen LogP contribution in [0, 0.1) is 5.92 Å². The lowest BCUT2D eigenvalue weighted by Crippen LogP contribution is -2.40. The third kappa shape index (κ3) is 6.34. The topological polar surface area (TPSA) is 41.6 Å². The molecule has 0 saturated heterocycles. The van der Waals surface area contributed by atoms with Gasteiger partial charge in [0.2, 0.25) is 0 Å². The number of urea groups is 1. The summed E-state index contributed by atoms with van der Waals surface area (Å²) in [4.78, 5) is 13.3. The summed E-state index contributed by atoms with van der Waals surface area (Å²) in [6.45, 7) is 5.76. The molecule has 0 heterocycles. The molecule has 0 aliphatic rings. The molecule has 0 radical (unpaired) electrons. The van der Waals surface area contributed by atoms with E-state index in [2.05, 4.69) is 19.2 Å². The van der Waals surface area contributed by atoms with Gasteiger partial charge in [0, 0.05) is 18.6 Å². The van der Waals surface area contributed by atoms with Crippen molar-refractivity contribution in [1.29, 1.82) is 0 Å². The number of rotatable bonds is 6. The molecule has 0 spiro atoms. The molecular weight excluding hydrogens is 264 g/mol. The smallest absolute Gasteiger partial charge is 0.317 e. The fourth-order valence-electron chi connectivity index (χ4n) is 1.39. The Morgan fingerprint density at radius 2 is 2.21 bits per heavy atom. The number of hydrogen-bond acceptors (Lipinski definition) is 2. The monoisotopic (exact) mass is 284 g/mol. The highest BCUT2D eigenvalue weighted by molar-refractivity contribution is 6.30. The third-order valence-corrected chi connectivity index (χ3v) is 2.73. The van der Waals surface area contributed by atoms with Crippen molar-refractivity contribution in [2.45, 2.75) is 13.8 Å². The highest BCUT2D eigenvalue weighted by Crippen LogP contribution is 2.16. The molecule has 0 bridgehead atoms. The summed E-state index contributed by atoms with van der Waals surface area (Å²) >= 11 is 5.85. The van der Waals surface area contributed by atoms with Gasteiger partial charge in [-0.25, -0.2) is 4.79 Å². The van der Waals surface area contributed by atoms with Gasteiger partial charge >= 0.3 is 6.03 Å². The molecule has 0 aliphatic carbocycles. The summed E-state index contributed by atoms with van der Waals surface area (Å²) < 4.78 is 5.53. The number of amides is 2. The van der Waals surface area contributed by atoms with Crippen molar-refractivity contribution < 1.29 is 9.53 Å². The minimum atomic E-state index is -0.0802. The molecule has 0 fully saturated rings. The lowest BCUT2D eigenvalue weighted by Gasteiger charge is -2.19. The molecule has 1 aromatic carbocycles. The van der Waals surface area contributed by atoms with E-state index in [9.17, 15) is 4.79 Å². The van der Waals surface area contributed by atoms with Crippen LogP contribution in [0.25, 0.3) is 0 Å². The van der Waals surface area contributed by atoms with E-state index in [4.69, 9.17) is 16.3 Å². The van der Waals surface area contributed by atoms with E-state index in [0.29, 0.717) is 36.4 Å². The van der Waals surface area contributed by atoms with Crippen molar-refractivity contribution in [1.82, 2.24) is 10.2 Å². The Balaban J connectivity index is 2.26. The summed E-state index contributed by atoms with van der Waals surface area (Å²) in [6.07, 6.45) is 0. The van der Waals surface area contributed by atoms with E-state index in [1.54, 1.807) is 24.1 Å². The molecular formula is C14H21ClN2O2. The van der Waals surface area contributed by atoms with Gasteiger partial charge in [-0.1, -0.05) is 31.5 Å². The Bertz CT molecular complexity index is 410. The summed E-state index contributed by atoms with van der Waals surface area (Å²) in [5.41, 5.74) is 0. The van der Waals surface area contributed by atoms with Gasteiger partial charge in [-0.3, -0.25) is 0 Å². The zero-order valence-electron chi connectivity index (χ0n) is 11.6. The van der Waals surface area contributed by atoms with Crippen LogP contribution in [0.15, 0.2) is 24.3 Å². The van der Waals surface area contributed by atoms with E-state index in [1.807, 2.05) is 12.1 Å². The maximum absolute atomic E-state index is 11.7. The molecule has 1 rings (SSSR count). The normalized spacial score (nSPS) is 10.4. The van der Waals surface area contributed by atoms with Crippen LogP contribution in [-0.4, -0.2) is 37.7 Å². The first kappa shape index (κ1) is 15.6. The van der Waals surface area contributed by atoms with Crippen LogP contribution in [0.3, 0.4) is 0 Å². The number of carbonyl (C=O) groups excluding carboxylic acids is 1. The fraction of sp³-hybridized carbons (Fsp3) is 0.500. The van der Waals surface area contributed by atoms with Gasteiger partial charge in [0.1, 0.15) is 12.4 Å². The first-order valence-corrected chi connectivity index (χ1v) is 6.74. The molecule has 2 amide bonds. The summed E-state index contributed by atoms with van der Waals surface area (Å²) in [7, 11) is 1.75. The van der Waals surface area contributed by atoms with Gasteiger partial charge in [0.05, 0.1) is 6.54 Å². The van der Waals surface area contributed by atoms with Crippen LogP contribution in [0.5, 0.6) is 5.75 Å². The molecule has 0 aromatic heterocycles. The largest absolute Gasteiger partial charge is 0.492 e. The fourth-order valence-corrected chi connectivity index (χ4v) is 1.57. The predicted octanol–water partition coefficient (Wildman–Crippen LogP) is 3.02. The van der Waals surface area contributed by atoms with E-state index < -0.39 is 0 Å². The van der Waals surface area contributed by atoms with Crippen molar-refractivity contribution >= 4 is 17.6 Å². The first-order valence-electron chi connectivity index (χ1n) is 6.36. The minimum absolute atomic E-state index is 0.0802. The number of nitrogens with zero attached hydrogens (tertiary/aromatic N) is 1. The van der Waals surface area contributed by atoms with Gasteiger partial charge in [0.25, 0.3) is 0 Å². The van der Waals surface area contributed by atoms with Crippen LogP contribution in [0.4, 0.5) is 4.79 Å². The van der Waals surface area contributed by atoms with Gasteiger partial charge in [0.15, 0.2) is 0 Å². The molecule has 5 heteroatoms. The number of halogens is 1. The average Bonchev–Trinajstić information content (AvgIpc) is 2.35. The van der Waals surface area contributed by atoms with Crippen LogP contribution < -0.4 is 10.1 Å². The molecule has 0 aliphatic heterocycles. The second-order valence-electron chi connectivity index (χ2n) is 4.81. The van der Waals surface area contributed by atoms with Crippen molar-refractivity contribution in [2.75, 3.05) is 26.7 Å². The third-order valence-electron chi connectivity index (χ3n) is 2.50. The van der Waals surface area contributed by atoms with Gasteiger partial charge in [-0.2, -0.15) is 0 Å². The molecule has 4 nitrogen and oxygen atoms in total. The number of ether oxygens (including phenoxy) is 1. The Morgan fingerprint density at radius 3 is 2.84 bits per heavy atom. The van der Waals surface area contributed by atoms with E-state index in [-0.39, 0.29) is 6.03 Å². The van der Waals surface area contributed by atoms with Crippen molar-refractivity contribution in [3.05, 3.63) is 29.3 Å². The van der Waals surface area contributed by atoms with Crippen LogP contribution in [0.2, 0.25) is 5.02 Å². The molecule has 1 N–H and O–H groups in total. The zero-order chi connectivity index (χ0) is 14.3. The highest BCUT2D eigenvalue weighted by Gasteiger charge is 2.08. The molecule has 1 aromatic rings. The van der Waals surface area contributed by atoms with E-state index in [1.165, 1.54) is 0 Å². The Hall–Kier alpha value is -1.42. The lowest BCUT2D eigenvalue weighted by molar-refractivity contribution is 0.194. The standard InChI is InChI=1S/C14H21ClN2O2/c1-11(2)10-16-14(18)17(3)7-8-19-13-6-4-5-12(15)9-13/h4-6,9,11H,7-8,10H2,1-3H3,(H,16,18). The lowest BCUT2D eigenvalue weighted by atomic mass is 10.2. The Kier molecular flexibility index (Phi) is 6.50. The quantitative estimate of drug-likeness (QED) is 0.872. The minimum Gasteiger partial charge on any atom is -0.492 e. The first-order chi connectivity index (χ1) is 8.99. The Labute approximate surface area is 119 Å². The second kappa shape index (κ2) is 7.89. The SMILES string of the molecule is CC(C)CNC(=O)N(C)CCOc1cccc(Cl)c1. The van der Waals surface area contributed by atoms with Gasteiger partial charge < -0.3 is 15.0 Å². The second-order valence-corrected chi connectivity index (χ2v) is 5.24. The predicted molar refractivity (Wildman–Crippen MR) is 77.8 cm³/mol. The van der Waals surface area contributed by atoms with Crippen LogP contribution in [0.1, 0.15) is 13.8 Å². The average molecular weight is 285 g/mol. The number of nitrogens with one attached hydrogen (secondary N) is 1. The van der Waals surface area contributed by atoms with Gasteiger partial charge in [-0.05, 0) is 24.1 Å². The zero-order valence-corrected chi connectivity index (χ0v) is 12.4. The van der Waals surface area contributed by atoms with E-state index in [0.717, 1.165) is 0 Å². The number of likely N-dealkylation sites (N-methyl/N-ethyl adjacent to an activating group) is 1. The van der Waals surface area contributed by atoms with Gasteiger partial charge in [-0.15, -0.1) is 0 Å². The van der Waals surface area contributed by atoms with Crippen LogP contribution >= 0.6 is 11.6 Å². The van der Waals surface area contributed by atoms with E-state index >= 15 is 0 Å².